The van der Waals surface area contributed by atoms with Crippen molar-refractivity contribution in [1.29, 1.82) is 0 Å². The number of benzene rings is 2. The molecule has 7 nitrogen and oxygen atoms in total. The zero-order chi connectivity index (χ0) is 20.8. The number of aryl methyl sites for hydroxylation is 2. The summed E-state index contributed by atoms with van der Waals surface area (Å²) >= 11 is 0. The average Bonchev–Trinajstić information content (AvgIpc) is 2.69. The van der Waals surface area contributed by atoms with Crippen molar-refractivity contribution in [3.8, 4) is 5.75 Å². The predicted molar refractivity (Wildman–Crippen MR) is 104 cm³/mol. The molecule has 1 N–H and O–H groups in total. The third-order valence-corrected chi connectivity index (χ3v) is 4.26. The number of hydrogen-bond donors (Lipinski definition) is 1. The Morgan fingerprint density at radius 2 is 1.57 bits per heavy atom. The molecule has 148 valence electrons. The minimum Gasteiger partial charge on any atom is -0.481 e. The van der Waals surface area contributed by atoms with Crippen molar-refractivity contribution in [2.24, 2.45) is 0 Å². The van der Waals surface area contributed by atoms with Gasteiger partial charge in [0.2, 0.25) is 0 Å². The molecule has 0 aliphatic heterocycles. The third kappa shape index (κ3) is 4.88. The highest BCUT2D eigenvalue weighted by atomic mass is 16.5. The Bertz CT molecular complexity index is 906. The predicted octanol–water partition coefficient (Wildman–Crippen LogP) is 3.28. The van der Waals surface area contributed by atoms with E-state index in [2.05, 4.69) is 10.1 Å². The highest BCUT2D eigenvalue weighted by Crippen LogP contribution is 2.22. The second kappa shape index (κ2) is 9.03. The number of anilines is 1. The van der Waals surface area contributed by atoms with Gasteiger partial charge in [0.1, 0.15) is 5.75 Å². The highest BCUT2D eigenvalue weighted by Gasteiger charge is 2.21. The normalized spacial score (nSPS) is 11.3. The Kier molecular flexibility index (Phi) is 6.76. The van der Waals surface area contributed by atoms with Crippen molar-refractivity contribution in [1.82, 2.24) is 0 Å². The number of methoxy groups -OCH3 is 2. The summed E-state index contributed by atoms with van der Waals surface area (Å²) in [6.45, 7) is 5.53. The van der Waals surface area contributed by atoms with E-state index in [0.29, 0.717) is 5.75 Å². The van der Waals surface area contributed by atoms with Gasteiger partial charge in [-0.1, -0.05) is 6.07 Å². The molecule has 0 radical (unpaired) electrons. The van der Waals surface area contributed by atoms with Gasteiger partial charge >= 0.3 is 11.9 Å². The molecule has 0 saturated heterocycles. The molecular weight excluding hydrogens is 362 g/mol. The van der Waals surface area contributed by atoms with E-state index >= 15 is 0 Å². The van der Waals surface area contributed by atoms with Crippen molar-refractivity contribution >= 4 is 23.5 Å². The maximum atomic E-state index is 12.6. The van der Waals surface area contributed by atoms with Gasteiger partial charge in [0.25, 0.3) is 5.91 Å². The van der Waals surface area contributed by atoms with E-state index < -0.39 is 23.9 Å². The fourth-order valence-electron chi connectivity index (χ4n) is 2.46. The van der Waals surface area contributed by atoms with Gasteiger partial charge in [0.15, 0.2) is 6.10 Å². The largest absolute Gasteiger partial charge is 0.481 e. The van der Waals surface area contributed by atoms with E-state index in [1.54, 1.807) is 13.0 Å². The molecule has 2 aromatic carbocycles. The summed E-state index contributed by atoms with van der Waals surface area (Å²) in [7, 11) is 2.47. The molecule has 28 heavy (non-hydrogen) atoms. The first-order valence-corrected chi connectivity index (χ1v) is 8.62. The molecule has 0 bridgehead atoms. The lowest BCUT2D eigenvalue weighted by atomic mass is 10.1. The van der Waals surface area contributed by atoms with Crippen molar-refractivity contribution in [3.63, 3.8) is 0 Å². The number of amides is 1. The molecule has 0 fully saturated rings. The Hall–Kier alpha value is -3.35. The molecule has 0 heterocycles. The first-order valence-electron chi connectivity index (χ1n) is 8.62. The van der Waals surface area contributed by atoms with Gasteiger partial charge in [0, 0.05) is 0 Å². The third-order valence-electron chi connectivity index (χ3n) is 4.26. The second-order valence-electron chi connectivity index (χ2n) is 6.24. The number of esters is 2. The number of carbonyl (C=O) groups is 3. The highest BCUT2D eigenvalue weighted by molar-refractivity contribution is 6.04. The van der Waals surface area contributed by atoms with Crippen LogP contribution in [0.15, 0.2) is 36.4 Å². The van der Waals surface area contributed by atoms with E-state index in [9.17, 15) is 14.4 Å². The summed E-state index contributed by atoms with van der Waals surface area (Å²) in [5, 5.41) is 2.62. The zero-order valence-electron chi connectivity index (χ0n) is 16.5. The second-order valence-corrected chi connectivity index (χ2v) is 6.24. The smallest absolute Gasteiger partial charge is 0.339 e. The van der Waals surface area contributed by atoms with Gasteiger partial charge < -0.3 is 19.5 Å². The Morgan fingerprint density at radius 1 is 0.893 bits per heavy atom. The molecule has 7 heteroatoms. The molecule has 0 unspecified atom stereocenters. The number of hydrogen-bond acceptors (Lipinski definition) is 6. The summed E-state index contributed by atoms with van der Waals surface area (Å²) < 4.78 is 15.1. The lowest BCUT2D eigenvalue weighted by Gasteiger charge is -2.17. The lowest BCUT2D eigenvalue weighted by molar-refractivity contribution is -0.122. The molecule has 2 aromatic rings. The quantitative estimate of drug-likeness (QED) is 0.768. The zero-order valence-corrected chi connectivity index (χ0v) is 16.5. The molecule has 2 rings (SSSR count). The van der Waals surface area contributed by atoms with E-state index in [0.717, 1.165) is 11.1 Å². The molecule has 0 aromatic heterocycles. The Morgan fingerprint density at radius 3 is 2.18 bits per heavy atom. The van der Waals surface area contributed by atoms with Gasteiger partial charge in [-0.3, -0.25) is 4.79 Å². The fraction of sp³-hybridized carbons (Fsp3) is 0.286. The van der Waals surface area contributed by atoms with E-state index in [-0.39, 0.29) is 16.8 Å². The van der Waals surface area contributed by atoms with Crippen LogP contribution in [0.4, 0.5) is 5.69 Å². The summed E-state index contributed by atoms with van der Waals surface area (Å²) in [6, 6.07) is 9.70. The Labute approximate surface area is 163 Å². The van der Waals surface area contributed by atoms with Crippen LogP contribution < -0.4 is 10.1 Å². The van der Waals surface area contributed by atoms with E-state index in [4.69, 9.17) is 9.47 Å². The average molecular weight is 385 g/mol. The summed E-state index contributed by atoms with van der Waals surface area (Å²) in [6.07, 6.45) is -0.839. The van der Waals surface area contributed by atoms with Gasteiger partial charge in [0.05, 0.1) is 31.0 Å². The minimum atomic E-state index is -0.839. The van der Waals surface area contributed by atoms with E-state index in [1.165, 1.54) is 32.4 Å². The summed E-state index contributed by atoms with van der Waals surface area (Å²) in [5.74, 6) is -1.16. The molecule has 0 saturated carbocycles. The summed E-state index contributed by atoms with van der Waals surface area (Å²) in [5.41, 5.74) is 2.60. The van der Waals surface area contributed by atoms with Crippen LogP contribution in [-0.2, 0) is 14.3 Å². The lowest BCUT2D eigenvalue weighted by Crippen LogP contribution is -2.31. The van der Waals surface area contributed by atoms with Crippen LogP contribution in [0.3, 0.4) is 0 Å². The number of rotatable bonds is 6. The molecular formula is C21H23NO6. The van der Waals surface area contributed by atoms with Gasteiger partial charge in [-0.25, -0.2) is 9.59 Å². The SMILES string of the molecule is COC(=O)c1ccc(C(=O)OC)c(NC(=O)[C@H](C)Oc2ccc(C)c(C)c2)c1. The van der Waals surface area contributed by atoms with Gasteiger partial charge in [-0.15, -0.1) is 0 Å². The van der Waals surface area contributed by atoms with Crippen LogP contribution in [-0.4, -0.2) is 38.2 Å². The fourth-order valence-corrected chi connectivity index (χ4v) is 2.46. The maximum Gasteiger partial charge on any atom is 0.339 e. The van der Waals surface area contributed by atoms with Crippen LogP contribution in [0.25, 0.3) is 0 Å². The van der Waals surface area contributed by atoms with Crippen molar-refractivity contribution in [3.05, 3.63) is 58.7 Å². The standard InChI is InChI=1S/C21H23NO6/c1-12-6-8-16(10-13(12)2)28-14(3)19(23)22-18-11-15(20(24)26-4)7-9-17(18)21(25)27-5/h6-11,14H,1-5H3,(H,22,23)/t14-/m0/s1. The van der Waals surface area contributed by atoms with Crippen LogP contribution >= 0.6 is 0 Å². The minimum absolute atomic E-state index is 0.113. The maximum absolute atomic E-state index is 12.6. The van der Waals surface area contributed by atoms with Crippen LogP contribution in [0.5, 0.6) is 5.75 Å². The number of carbonyl (C=O) groups excluding carboxylic acids is 3. The van der Waals surface area contributed by atoms with Crippen molar-refractivity contribution in [2.75, 3.05) is 19.5 Å². The first kappa shape index (κ1) is 21.0. The van der Waals surface area contributed by atoms with Crippen LogP contribution in [0.2, 0.25) is 0 Å². The van der Waals surface area contributed by atoms with E-state index in [1.807, 2.05) is 26.0 Å². The molecule has 0 aliphatic carbocycles. The molecule has 1 atom stereocenters. The topological polar surface area (TPSA) is 90.9 Å². The van der Waals surface area contributed by atoms with Crippen molar-refractivity contribution in [2.45, 2.75) is 26.9 Å². The number of ether oxygens (including phenoxy) is 3. The Balaban J connectivity index is 2.23. The first-order chi connectivity index (χ1) is 13.3. The van der Waals surface area contributed by atoms with Gasteiger partial charge in [-0.2, -0.15) is 0 Å². The molecule has 1 amide bonds. The monoisotopic (exact) mass is 385 g/mol. The molecule has 0 spiro atoms. The van der Waals surface area contributed by atoms with Crippen LogP contribution in [0, 0.1) is 13.8 Å². The van der Waals surface area contributed by atoms with Gasteiger partial charge in [-0.05, 0) is 62.2 Å². The summed E-state index contributed by atoms with van der Waals surface area (Å²) in [4.78, 5) is 36.3. The van der Waals surface area contributed by atoms with Crippen LogP contribution in [0.1, 0.15) is 38.8 Å². The molecule has 0 aliphatic rings. The number of nitrogens with one attached hydrogen (secondary N) is 1. The van der Waals surface area contributed by atoms with Crippen molar-refractivity contribution < 1.29 is 28.6 Å².